The molecular weight excluding hydrogens is 376 g/mol. The van der Waals surface area contributed by atoms with E-state index in [1.165, 1.54) is 11.3 Å². The van der Waals surface area contributed by atoms with Gasteiger partial charge in [-0.25, -0.2) is 0 Å². The molecule has 6 nitrogen and oxygen atoms in total. The highest BCUT2D eigenvalue weighted by Crippen LogP contribution is 2.33. The molecule has 0 radical (unpaired) electrons. The van der Waals surface area contributed by atoms with E-state index >= 15 is 0 Å². The number of thiophene rings is 1. The molecule has 0 atom stereocenters. The largest absolute Gasteiger partial charge is 0.454 e. The van der Waals surface area contributed by atoms with E-state index in [1.54, 1.807) is 42.3 Å². The molecule has 0 spiro atoms. The number of fused-ring (bicyclic) bond motifs is 1. The SMILES string of the molecule is CN(Cc1ccc2c(c1)OCO2)C(=O)c1ccccc1NC(=O)c1cccs1. The molecule has 3 aromatic rings. The molecule has 0 saturated carbocycles. The third kappa shape index (κ3) is 3.70. The summed E-state index contributed by atoms with van der Waals surface area (Å²) in [6.07, 6.45) is 0. The molecule has 2 amide bonds. The Hall–Kier alpha value is -3.32. The molecular formula is C21H18N2O4S. The first-order valence-corrected chi connectivity index (χ1v) is 9.57. The van der Waals surface area contributed by atoms with Gasteiger partial charge in [-0.05, 0) is 41.3 Å². The molecule has 0 saturated heterocycles. The second-order valence-corrected chi connectivity index (χ2v) is 7.27. The lowest BCUT2D eigenvalue weighted by Crippen LogP contribution is -2.27. The maximum Gasteiger partial charge on any atom is 0.265 e. The summed E-state index contributed by atoms with van der Waals surface area (Å²) < 4.78 is 10.7. The van der Waals surface area contributed by atoms with Crippen molar-refractivity contribution in [2.75, 3.05) is 19.2 Å². The Morgan fingerprint density at radius 1 is 1.07 bits per heavy atom. The van der Waals surface area contributed by atoms with Gasteiger partial charge in [0.05, 0.1) is 16.1 Å². The topological polar surface area (TPSA) is 67.9 Å². The molecule has 1 aliphatic rings. The predicted octanol–water partition coefficient (Wildman–Crippen LogP) is 4.00. The molecule has 0 unspecified atom stereocenters. The predicted molar refractivity (Wildman–Crippen MR) is 107 cm³/mol. The summed E-state index contributed by atoms with van der Waals surface area (Å²) in [7, 11) is 1.73. The lowest BCUT2D eigenvalue weighted by atomic mass is 10.1. The van der Waals surface area contributed by atoms with E-state index in [1.807, 2.05) is 29.6 Å². The van der Waals surface area contributed by atoms with Crippen molar-refractivity contribution in [2.45, 2.75) is 6.54 Å². The Kier molecular flexibility index (Phi) is 4.99. The minimum Gasteiger partial charge on any atom is -0.454 e. The standard InChI is InChI=1S/C21H18N2O4S/c1-23(12-14-8-9-17-18(11-14)27-13-26-17)21(25)15-5-2-3-6-16(15)22-20(24)19-7-4-10-28-19/h2-11H,12-13H2,1H3,(H,22,24). The smallest absolute Gasteiger partial charge is 0.265 e. The Balaban J connectivity index is 1.50. The third-order valence-corrected chi connectivity index (χ3v) is 5.22. The van der Waals surface area contributed by atoms with Gasteiger partial charge in [0.1, 0.15) is 0 Å². The van der Waals surface area contributed by atoms with Crippen molar-refractivity contribution in [3.8, 4) is 11.5 Å². The fourth-order valence-corrected chi connectivity index (χ4v) is 3.58. The highest BCUT2D eigenvalue weighted by molar-refractivity contribution is 7.12. The van der Waals surface area contributed by atoms with Crippen LogP contribution in [0.5, 0.6) is 11.5 Å². The van der Waals surface area contributed by atoms with E-state index in [2.05, 4.69) is 5.32 Å². The third-order valence-electron chi connectivity index (χ3n) is 4.35. The molecule has 2 aromatic carbocycles. The second-order valence-electron chi connectivity index (χ2n) is 6.33. The van der Waals surface area contributed by atoms with Gasteiger partial charge in [-0.3, -0.25) is 9.59 Å². The van der Waals surface area contributed by atoms with Gasteiger partial charge in [0, 0.05) is 13.6 Å². The lowest BCUT2D eigenvalue weighted by molar-refractivity contribution is 0.0786. The van der Waals surface area contributed by atoms with Gasteiger partial charge < -0.3 is 19.7 Å². The van der Waals surface area contributed by atoms with Crippen LogP contribution in [0.15, 0.2) is 60.0 Å². The van der Waals surface area contributed by atoms with Gasteiger partial charge in [0.15, 0.2) is 11.5 Å². The van der Waals surface area contributed by atoms with Crippen molar-refractivity contribution < 1.29 is 19.1 Å². The number of rotatable bonds is 5. The molecule has 7 heteroatoms. The summed E-state index contributed by atoms with van der Waals surface area (Å²) in [5.74, 6) is 0.981. The number of anilines is 1. The van der Waals surface area contributed by atoms with Crippen LogP contribution in [0.3, 0.4) is 0 Å². The fraction of sp³-hybridized carbons (Fsp3) is 0.143. The van der Waals surface area contributed by atoms with Gasteiger partial charge in [-0.1, -0.05) is 24.3 Å². The molecule has 0 bridgehead atoms. The van der Waals surface area contributed by atoms with Crippen LogP contribution >= 0.6 is 11.3 Å². The Morgan fingerprint density at radius 3 is 2.71 bits per heavy atom. The zero-order chi connectivity index (χ0) is 19.5. The molecule has 2 heterocycles. The van der Waals surface area contributed by atoms with Crippen LogP contribution in [-0.4, -0.2) is 30.6 Å². The molecule has 28 heavy (non-hydrogen) atoms. The molecule has 0 fully saturated rings. The highest BCUT2D eigenvalue weighted by Gasteiger charge is 2.19. The average Bonchev–Trinajstić information content (AvgIpc) is 3.39. The number of nitrogens with one attached hydrogen (secondary N) is 1. The Morgan fingerprint density at radius 2 is 1.89 bits per heavy atom. The number of amides is 2. The number of carbonyl (C=O) groups excluding carboxylic acids is 2. The summed E-state index contributed by atoms with van der Waals surface area (Å²) in [5.41, 5.74) is 1.86. The van der Waals surface area contributed by atoms with E-state index in [4.69, 9.17) is 9.47 Å². The van der Waals surface area contributed by atoms with Crippen molar-refractivity contribution in [1.82, 2.24) is 4.90 Å². The van der Waals surface area contributed by atoms with Gasteiger partial charge >= 0.3 is 0 Å². The molecule has 142 valence electrons. The monoisotopic (exact) mass is 394 g/mol. The number of benzene rings is 2. The molecule has 4 rings (SSSR count). The first-order valence-electron chi connectivity index (χ1n) is 8.70. The summed E-state index contributed by atoms with van der Waals surface area (Å²) in [6, 6.07) is 16.2. The number of hydrogen-bond donors (Lipinski definition) is 1. The first kappa shape index (κ1) is 18.1. The molecule has 1 N–H and O–H groups in total. The van der Waals surface area contributed by atoms with Crippen LogP contribution in [0.25, 0.3) is 0 Å². The van der Waals surface area contributed by atoms with Gasteiger partial charge in [-0.15, -0.1) is 11.3 Å². The minimum atomic E-state index is -0.228. The van der Waals surface area contributed by atoms with Crippen molar-refractivity contribution in [3.63, 3.8) is 0 Å². The summed E-state index contributed by atoms with van der Waals surface area (Å²) in [6.45, 7) is 0.619. The zero-order valence-corrected chi connectivity index (χ0v) is 16.0. The van der Waals surface area contributed by atoms with Gasteiger partial charge in [-0.2, -0.15) is 0 Å². The highest BCUT2D eigenvalue weighted by atomic mass is 32.1. The number of hydrogen-bond acceptors (Lipinski definition) is 5. The minimum absolute atomic E-state index is 0.181. The summed E-state index contributed by atoms with van der Waals surface area (Å²) >= 11 is 1.35. The van der Waals surface area contributed by atoms with Crippen LogP contribution in [0, 0.1) is 0 Å². The first-order chi connectivity index (χ1) is 13.6. The second kappa shape index (κ2) is 7.74. The van der Waals surface area contributed by atoms with Crippen LogP contribution < -0.4 is 14.8 Å². The molecule has 0 aliphatic carbocycles. The van der Waals surface area contributed by atoms with E-state index in [9.17, 15) is 9.59 Å². The number of nitrogens with zero attached hydrogens (tertiary/aromatic N) is 1. The maximum absolute atomic E-state index is 13.0. The van der Waals surface area contributed by atoms with Crippen LogP contribution in [0.1, 0.15) is 25.6 Å². The lowest BCUT2D eigenvalue weighted by Gasteiger charge is -2.19. The zero-order valence-electron chi connectivity index (χ0n) is 15.2. The maximum atomic E-state index is 13.0. The Labute approximate surface area is 166 Å². The van der Waals surface area contributed by atoms with E-state index in [-0.39, 0.29) is 18.6 Å². The normalized spacial score (nSPS) is 11.9. The molecule has 1 aliphatic heterocycles. The van der Waals surface area contributed by atoms with Crippen LogP contribution in [-0.2, 0) is 6.54 Å². The number of ether oxygens (including phenoxy) is 2. The fourth-order valence-electron chi connectivity index (χ4n) is 2.96. The quantitative estimate of drug-likeness (QED) is 0.710. The van der Waals surface area contributed by atoms with Crippen molar-refractivity contribution in [3.05, 3.63) is 76.0 Å². The molecule has 1 aromatic heterocycles. The number of carbonyl (C=O) groups is 2. The van der Waals surface area contributed by atoms with Crippen LogP contribution in [0.4, 0.5) is 5.69 Å². The van der Waals surface area contributed by atoms with Crippen LogP contribution in [0.2, 0.25) is 0 Å². The van der Waals surface area contributed by atoms with E-state index < -0.39 is 0 Å². The van der Waals surface area contributed by atoms with Crippen molar-refractivity contribution >= 4 is 28.8 Å². The van der Waals surface area contributed by atoms with E-state index in [0.29, 0.717) is 34.2 Å². The summed E-state index contributed by atoms with van der Waals surface area (Å²) in [5, 5.41) is 4.67. The van der Waals surface area contributed by atoms with Gasteiger partial charge in [0.25, 0.3) is 11.8 Å². The van der Waals surface area contributed by atoms with Crippen molar-refractivity contribution in [2.24, 2.45) is 0 Å². The Bertz CT molecular complexity index is 1020. The summed E-state index contributed by atoms with van der Waals surface area (Å²) in [4.78, 5) is 27.6. The van der Waals surface area contributed by atoms with Gasteiger partial charge in [0.2, 0.25) is 6.79 Å². The average molecular weight is 394 g/mol. The van der Waals surface area contributed by atoms with Crippen molar-refractivity contribution in [1.29, 1.82) is 0 Å². The number of para-hydroxylation sites is 1. The van der Waals surface area contributed by atoms with E-state index in [0.717, 1.165) is 5.56 Å².